The van der Waals surface area contributed by atoms with Gasteiger partial charge in [-0.15, -0.1) is 0 Å². The molecule has 0 saturated heterocycles. The summed E-state index contributed by atoms with van der Waals surface area (Å²) >= 11 is 0. The fraction of sp³-hybridized carbons (Fsp3) is 0.333. The lowest BCUT2D eigenvalue weighted by molar-refractivity contribution is 0.315. The minimum absolute atomic E-state index is 0.588. The Bertz CT molecular complexity index is 512. The predicted molar refractivity (Wildman–Crippen MR) is 63.7 cm³/mol. The number of hydrogen-bond acceptors (Lipinski definition) is 1. The van der Waals surface area contributed by atoms with Gasteiger partial charge in [0.2, 0.25) is 0 Å². The van der Waals surface area contributed by atoms with Gasteiger partial charge in [0, 0.05) is 11.8 Å². The van der Waals surface area contributed by atoms with Crippen molar-refractivity contribution in [3.8, 4) is 5.75 Å². The quantitative estimate of drug-likeness (QED) is 0.646. The van der Waals surface area contributed by atoms with Crippen LogP contribution in [0.15, 0.2) is 42.5 Å². The summed E-state index contributed by atoms with van der Waals surface area (Å²) in [6, 6.07) is 6.56. The van der Waals surface area contributed by atoms with Crippen molar-refractivity contribution in [2.24, 2.45) is 11.8 Å². The fourth-order valence-electron chi connectivity index (χ4n) is 3.48. The zero-order chi connectivity index (χ0) is 10.7. The molecule has 0 N–H and O–H groups in total. The molecule has 4 aliphatic carbocycles. The molecule has 0 fully saturated rings. The Morgan fingerprint density at radius 3 is 2.19 bits per heavy atom. The lowest BCUT2D eigenvalue weighted by atomic mass is 9.55. The zero-order valence-electron chi connectivity index (χ0n) is 9.26. The van der Waals surface area contributed by atoms with E-state index in [1.54, 1.807) is 7.11 Å². The van der Waals surface area contributed by atoms with Gasteiger partial charge in [0.25, 0.3) is 0 Å². The maximum absolute atomic E-state index is 5.33. The average molecular weight is 210 g/mol. The first kappa shape index (κ1) is 8.63. The van der Waals surface area contributed by atoms with E-state index in [2.05, 4.69) is 42.5 Å². The van der Waals surface area contributed by atoms with E-state index in [9.17, 15) is 0 Å². The number of ether oxygens (including phenoxy) is 1. The van der Waals surface area contributed by atoms with Crippen LogP contribution in [0.5, 0.6) is 5.75 Å². The van der Waals surface area contributed by atoms with E-state index in [-0.39, 0.29) is 0 Å². The summed E-state index contributed by atoms with van der Waals surface area (Å²) in [5.74, 6) is 3.69. The van der Waals surface area contributed by atoms with E-state index in [0.29, 0.717) is 11.8 Å². The van der Waals surface area contributed by atoms with Crippen LogP contribution in [-0.4, -0.2) is 7.11 Å². The van der Waals surface area contributed by atoms with Crippen molar-refractivity contribution in [2.75, 3.05) is 7.11 Å². The average Bonchev–Trinajstić information content (AvgIpc) is 2.29. The minimum atomic E-state index is 0.588. The van der Waals surface area contributed by atoms with E-state index in [1.165, 1.54) is 11.1 Å². The summed E-state index contributed by atoms with van der Waals surface area (Å²) in [4.78, 5) is 0. The molecule has 80 valence electrons. The van der Waals surface area contributed by atoms with Crippen molar-refractivity contribution in [3.05, 3.63) is 53.6 Å². The molecule has 0 heterocycles. The first-order valence-electron chi connectivity index (χ1n) is 5.93. The second kappa shape index (κ2) is 2.79. The topological polar surface area (TPSA) is 9.23 Å². The summed E-state index contributed by atoms with van der Waals surface area (Å²) in [5.41, 5.74) is 3.00. The smallest absolute Gasteiger partial charge is 0.119 e. The van der Waals surface area contributed by atoms with E-state index in [4.69, 9.17) is 4.74 Å². The standard InChI is InChI=1S/C15H14O/c1-16-9-2-3-13-11-6-7-14(15(13)8-9)12-5-4-10(11)12/h2-8,10-12,14H,1H3/t10-,11-,12-,14-/m0/s1. The van der Waals surface area contributed by atoms with Gasteiger partial charge < -0.3 is 4.74 Å². The van der Waals surface area contributed by atoms with Gasteiger partial charge in [0.05, 0.1) is 7.11 Å². The molecule has 4 atom stereocenters. The highest BCUT2D eigenvalue weighted by Crippen LogP contribution is 2.56. The van der Waals surface area contributed by atoms with Gasteiger partial charge in [0.1, 0.15) is 5.75 Å². The van der Waals surface area contributed by atoms with Crippen LogP contribution in [-0.2, 0) is 0 Å². The van der Waals surface area contributed by atoms with Crippen molar-refractivity contribution < 1.29 is 4.74 Å². The molecule has 5 rings (SSSR count). The van der Waals surface area contributed by atoms with Crippen molar-refractivity contribution >= 4 is 0 Å². The summed E-state index contributed by atoms with van der Waals surface area (Å²) in [7, 11) is 1.74. The summed E-state index contributed by atoms with van der Waals surface area (Å²) < 4.78 is 5.33. The number of methoxy groups -OCH3 is 1. The van der Waals surface area contributed by atoms with Gasteiger partial charge in [0.15, 0.2) is 0 Å². The van der Waals surface area contributed by atoms with Crippen molar-refractivity contribution in [3.63, 3.8) is 0 Å². The lowest BCUT2D eigenvalue weighted by Crippen LogP contribution is -2.37. The first-order valence-corrected chi connectivity index (χ1v) is 5.93. The summed E-state index contributed by atoms with van der Waals surface area (Å²) in [6.07, 6.45) is 9.52. The number of hydrogen-bond donors (Lipinski definition) is 0. The van der Waals surface area contributed by atoms with Gasteiger partial charge in [-0.2, -0.15) is 0 Å². The number of benzene rings is 1. The Labute approximate surface area is 95.4 Å². The van der Waals surface area contributed by atoms with Crippen LogP contribution in [0.25, 0.3) is 0 Å². The predicted octanol–water partition coefficient (Wildman–Crippen LogP) is 3.25. The normalized spacial score (nSPS) is 36.6. The summed E-state index contributed by atoms with van der Waals surface area (Å²) in [6.45, 7) is 0. The van der Waals surface area contributed by atoms with Crippen molar-refractivity contribution in [2.45, 2.75) is 11.8 Å². The van der Waals surface area contributed by atoms with E-state index in [1.807, 2.05) is 0 Å². The number of rotatable bonds is 1. The van der Waals surface area contributed by atoms with Gasteiger partial charge >= 0.3 is 0 Å². The molecular weight excluding hydrogens is 196 g/mol. The van der Waals surface area contributed by atoms with E-state index < -0.39 is 0 Å². The van der Waals surface area contributed by atoms with Gasteiger partial charge in [-0.05, 0) is 35.1 Å². The third-order valence-electron chi connectivity index (χ3n) is 4.37. The largest absolute Gasteiger partial charge is 0.497 e. The SMILES string of the molecule is COc1ccc2c(c1)[C@H]1C=C[C@H]2[C@@H]2C=C[C@@H]21. The minimum Gasteiger partial charge on any atom is -0.497 e. The van der Waals surface area contributed by atoms with Crippen LogP contribution in [0.2, 0.25) is 0 Å². The fourth-order valence-corrected chi connectivity index (χ4v) is 3.48. The molecule has 0 amide bonds. The van der Waals surface area contributed by atoms with E-state index in [0.717, 1.165) is 17.6 Å². The van der Waals surface area contributed by atoms with Crippen LogP contribution in [0, 0.1) is 11.8 Å². The Kier molecular flexibility index (Phi) is 1.50. The first-order chi connectivity index (χ1) is 7.88. The Morgan fingerprint density at radius 1 is 0.875 bits per heavy atom. The second-order valence-electron chi connectivity index (χ2n) is 4.97. The third-order valence-corrected chi connectivity index (χ3v) is 4.37. The van der Waals surface area contributed by atoms with Crippen LogP contribution in [0.1, 0.15) is 23.0 Å². The molecule has 16 heavy (non-hydrogen) atoms. The molecule has 1 aromatic rings. The molecule has 1 aromatic carbocycles. The summed E-state index contributed by atoms with van der Waals surface area (Å²) in [5, 5.41) is 0. The lowest BCUT2D eigenvalue weighted by Gasteiger charge is -2.48. The Morgan fingerprint density at radius 2 is 1.56 bits per heavy atom. The van der Waals surface area contributed by atoms with Gasteiger partial charge in [-0.3, -0.25) is 0 Å². The van der Waals surface area contributed by atoms with Crippen LogP contribution < -0.4 is 4.74 Å². The maximum Gasteiger partial charge on any atom is 0.119 e. The highest BCUT2D eigenvalue weighted by Gasteiger charge is 2.45. The molecule has 4 aliphatic rings. The van der Waals surface area contributed by atoms with Crippen molar-refractivity contribution in [1.29, 1.82) is 0 Å². The molecule has 0 saturated carbocycles. The second-order valence-corrected chi connectivity index (χ2v) is 4.97. The molecule has 2 bridgehead atoms. The van der Waals surface area contributed by atoms with Crippen LogP contribution >= 0.6 is 0 Å². The van der Waals surface area contributed by atoms with E-state index >= 15 is 0 Å². The molecule has 1 heteroatoms. The molecule has 0 aromatic heterocycles. The van der Waals surface area contributed by atoms with Crippen molar-refractivity contribution in [1.82, 2.24) is 0 Å². The molecule has 0 spiro atoms. The van der Waals surface area contributed by atoms with Gasteiger partial charge in [-0.25, -0.2) is 0 Å². The third kappa shape index (κ3) is 0.874. The van der Waals surface area contributed by atoms with Crippen LogP contribution in [0.3, 0.4) is 0 Å². The Hall–Kier alpha value is -1.50. The Balaban J connectivity index is 1.91. The highest BCUT2D eigenvalue weighted by molar-refractivity contribution is 5.52. The maximum atomic E-state index is 5.33. The zero-order valence-corrected chi connectivity index (χ0v) is 9.26. The molecule has 0 unspecified atom stereocenters. The molecular formula is C15H14O. The highest BCUT2D eigenvalue weighted by atomic mass is 16.5. The number of allylic oxidation sites excluding steroid dienone is 4. The van der Waals surface area contributed by atoms with Crippen LogP contribution in [0.4, 0.5) is 0 Å². The molecule has 0 radical (unpaired) electrons. The monoisotopic (exact) mass is 210 g/mol. The molecule has 1 nitrogen and oxygen atoms in total. The molecule has 0 aliphatic heterocycles. The van der Waals surface area contributed by atoms with Gasteiger partial charge in [-0.1, -0.05) is 30.4 Å².